The molecule has 6 heteroatoms. The SMILES string of the molecule is CN=C(NCc1cnc(C)s1)N1CC=C(c2cccc(OC)c2)CC1. The third-order valence-corrected chi connectivity index (χ3v) is 5.16. The molecule has 1 N–H and O–H groups in total. The summed E-state index contributed by atoms with van der Waals surface area (Å²) in [5, 5.41) is 4.53. The van der Waals surface area contributed by atoms with Crippen LogP contribution in [0.4, 0.5) is 0 Å². The van der Waals surface area contributed by atoms with Crippen LogP contribution in [0.1, 0.15) is 21.9 Å². The number of ether oxygens (including phenoxy) is 1. The molecule has 1 aromatic heterocycles. The summed E-state index contributed by atoms with van der Waals surface area (Å²) in [6.45, 7) is 4.60. The lowest BCUT2D eigenvalue weighted by Crippen LogP contribution is -2.43. The van der Waals surface area contributed by atoms with Gasteiger partial charge in [0.25, 0.3) is 0 Å². The minimum absolute atomic E-state index is 0.765. The van der Waals surface area contributed by atoms with Crippen LogP contribution in [-0.2, 0) is 6.54 Å². The number of guanidine groups is 1. The molecule has 0 spiro atoms. The average molecular weight is 356 g/mol. The van der Waals surface area contributed by atoms with Crippen LogP contribution in [-0.4, -0.2) is 43.1 Å². The number of nitrogens with one attached hydrogen (secondary N) is 1. The van der Waals surface area contributed by atoms with Crippen LogP contribution in [0.2, 0.25) is 0 Å². The minimum atomic E-state index is 0.765. The van der Waals surface area contributed by atoms with Gasteiger partial charge in [0.1, 0.15) is 5.75 Å². The van der Waals surface area contributed by atoms with Gasteiger partial charge in [-0.15, -0.1) is 11.3 Å². The number of benzene rings is 1. The Morgan fingerprint density at radius 1 is 1.44 bits per heavy atom. The van der Waals surface area contributed by atoms with E-state index < -0.39 is 0 Å². The van der Waals surface area contributed by atoms with Crippen molar-refractivity contribution in [3.05, 3.63) is 52.0 Å². The number of thiazole rings is 1. The maximum Gasteiger partial charge on any atom is 0.194 e. The minimum Gasteiger partial charge on any atom is -0.497 e. The molecule has 1 aliphatic rings. The van der Waals surface area contributed by atoms with Gasteiger partial charge in [-0.25, -0.2) is 4.98 Å². The predicted octanol–water partition coefficient (Wildman–Crippen LogP) is 3.32. The molecule has 0 saturated heterocycles. The molecule has 0 radical (unpaired) electrons. The average Bonchev–Trinajstić information content (AvgIpc) is 3.08. The van der Waals surface area contributed by atoms with E-state index in [-0.39, 0.29) is 0 Å². The van der Waals surface area contributed by atoms with Crippen molar-refractivity contribution in [1.82, 2.24) is 15.2 Å². The van der Waals surface area contributed by atoms with Gasteiger partial charge >= 0.3 is 0 Å². The molecular weight excluding hydrogens is 332 g/mol. The van der Waals surface area contributed by atoms with E-state index in [1.165, 1.54) is 16.0 Å². The summed E-state index contributed by atoms with van der Waals surface area (Å²) in [6, 6.07) is 8.26. The van der Waals surface area contributed by atoms with E-state index in [4.69, 9.17) is 4.74 Å². The van der Waals surface area contributed by atoms with Crippen LogP contribution in [0, 0.1) is 6.92 Å². The molecule has 2 aromatic rings. The smallest absolute Gasteiger partial charge is 0.194 e. The topological polar surface area (TPSA) is 49.8 Å². The zero-order valence-corrected chi connectivity index (χ0v) is 15.8. The second kappa shape index (κ2) is 8.16. The number of methoxy groups -OCH3 is 1. The fourth-order valence-electron chi connectivity index (χ4n) is 2.93. The van der Waals surface area contributed by atoms with Gasteiger partial charge in [0, 0.05) is 31.2 Å². The number of aromatic nitrogens is 1. The molecule has 25 heavy (non-hydrogen) atoms. The molecule has 3 rings (SSSR count). The summed E-state index contributed by atoms with van der Waals surface area (Å²) in [6.07, 6.45) is 5.20. The zero-order chi connectivity index (χ0) is 17.6. The largest absolute Gasteiger partial charge is 0.497 e. The van der Waals surface area contributed by atoms with Crippen molar-refractivity contribution in [2.24, 2.45) is 4.99 Å². The summed E-state index contributed by atoms with van der Waals surface area (Å²) in [7, 11) is 3.54. The molecule has 0 aliphatic carbocycles. The van der Waals surface area contributed by atoms with Crippen molar-refractivity contribution in [2.75, 3.05) is 27.2 Å². The first kappa shape index (κ1) is 17.5. The Balaban J connectivity index is 1.62. The molecule has 0 fully saturated rings. The van der Waals surface area contributed by atoms with Crippen molar-refractivity contribution in [3.63, 3.8) is 0 Å². The standard InChI is InChI=1S/C19H24N4OS/c1-14-21-12-18(25-14)13-22-19(20-2)23-9-7-15(8-10-23)16-5-4-6-17(11-16)24-3/h4-7,11-12H,8-10,13H2,1-3H3,(H,20,22). The van der Waals surface area contributed by atoms with Crippen LogP contribution in [0.3, 0.4) is 0 Å². The van der Waals surface area contributed by atoms with Crippen molar-refractivity contribution in [3.8, 4) is 5.75 Å². The van der Waals surface area contributed by atoms with Crippen LogP contribution in [0.25, 0.3) is 5.57 Å². The quantitative estimate of drug-likeness (QED) is 0.674. The molecule has 1 aliphatic heterocycles. The summed E-state index contributed by atoms with van der Waals surface area (Å²) < 4.78 is 5.33. The van der Waals surface area contributed by atoms with Gasteiger partial charge in [-0.05, 0) is 36.6 Å². The Bertz CT molecular complexity index is 781. The Morgan fingerprint density at radius 2 is 2.32 bits per heavy atom. The molecule has 0 bridgehead atoms. The van der Waals surface area contributed by atoms with E-state index in [9.17, 15) is 0 Å². The van der Waals surface area contributed by atoms with E-state index in [2.05, 4.69) is 38.4 Å². The highest BCUT2D eigenvalue weighted by Gasteiger charge is 2.16. The highest BCUT2D eigenvalue weighted by atomic mass is 32.1. The van der Waals surface area contributed by atoms with Gasteiger partial charge < -0.3 is 15.0 Å². The Morgan fingerprint density at radius 3 is 2.96 bits per heavy atom. The van der Waals surface area contributed by atoms with E-state index in [0.717, 1.165) is 42.8 Å². The van der Waals surface area contributed by atoms with Crippen LogP contribution in [0.5, 0.6) is 5.75 Å². The first-order valence-corrected chi connectivity index (χ1v) is 9.21. The van der Waals surface area contributed by atoms with Gasteiger partial charge in [-0.1, -0.05) is 18.2 Å². The lowest BCUT2D eigenvalue weighted by molar-refractivity contribution is 0.414. The first-order valence-electron chi connectivity index (χ1n) is 8.40. The summed E-state index contributed by atoms with van der Waals surface area (Å²) >= 11 is 1.72. The number of hydrogen-bond acceptors (Lipinski definition) is 4. The number of rotatable bonds is 4. The van der Waals surface area contributed by atoms with E-state index in [0.29, 0.717) is 0 Å². The first-order chi connectivity index (χ1) is 12.2. The van der Waals surface area contributed by atoms with E-state index in [1.54, 1.807) is 18.4 Å². The molecule has 0 amide bonds. The van der Waals surface area contributed by atoms with Gasteiger partial charge in [0.15, 0.2) is 5.96 Å². The van der Waals surface area contributed by atoms with Gasteiger partial charge in [0.2, 0.25) is 0 Å². The summed E-state index contributed by atoms with van der Waals surface area (Å²) in [5.41, 5.74) is 2.60. The lowest BCUT2D eigenvalue weighted by atomic mass is 9.99. The number of hydrogen-bond donors (Lipinski definition) is 1. The van der Waals surface area contributed by atoms with Crippen molar-refractivity contribution < 1.29 is 4.74 Å². The molecule has 0 atom stereocenters. The molecular formula is C19H24N4OS. The van der Waals surface area contributed by atoms with Crippen molar-refractivity contribution in [2.45, 2.75) is 19.9 Å². The monoisotopic (exact) mass is 356 g/mol. The van der Waals surface area contributed by atoms with Gasteiger partial charge in [-0.2, -0.15) is 0 Å². The molecule has 0 unspecified atom stereocenters. The fraction of sp³-hybridized carbons (Fsp3) is 0.368. The summed E-state index contributed by atoms with van der Waals surface area (Å²) in [5.74, 6) is 1.84. The molecule has 0 saturated carbocycles. The maximum absolute atomic E-state index is 5.33. The highest BCUT2D eigenvalue weighted by Crippen LogP contribution is 2.25. The van der Waals surface area contributed by atoms with Crippen LogP contribution >= 0.6 is 11.3 Å². The number of aliphatic imine (C=N–C) groups is 1. The second-order valence-corrected chi connectivity index (χ2v) is 7.22. The third-order valence-electron chi connectivity index (χ3n) is 4.25. The van der Waals surface area contributed by atoms with E-state index >= 15 is 0 Å². The van der Waals surface area contributed by atoms with Crippen LogP contribution in [0.15, 0.2) is 41.5 Å². The lowest BCUT2D eigenvalue weighted by Gasteiger charge is -2.29. The predicted molar refractivity (Wildman–Crippen MR) is 104 cm³/mol. The Labute approximate surface area is 153 Å². The van der Waals surface area contributed by atoms with Gasteiger partial charge in [0.05, 0.1) is 18.7 Å². The molecule has 132 valence electrons. The van der Waals surface area contributed by atoms with Crippen molar-refractivity contribution in [1.29, 1.82) is 0 Å². The molecule has 1 aromatic carbocycles. The normalized spacial score (nSPS) is 15.1. The van der Waals surface area contributed by atoms with Gasteiger partial charge in [-0.3, -0.25) is 4.99 Å². The third kappa shape index (κ3) is 4.39. The summed E-state index contributed by atoms with van der Waals surface area (Å²) in [4.78, 5) is 12.2. The zero-order valence-electron chi connectivity index (χ0n) is 15.0. The Kier molecular flexibility index (Phi) is 5.71. The molecule has 5 nitrogen and oxygen atoms in total. The second-order valence-electron chi connectivity index (χ2n) is 5.90. The van der Waals surface area contributed by atoms with Crippen LogP contribution < -0.4 is 10.1 Å². The highest BCUT2D eigenvalue weighted by molar-refractivity contribution is 7.11. The fourth-order valence-corrected chi connectivity index (χ4v) is 3.67. The molecule has 2 heterocycles. The van der Waals surface area contributed by atoms with Crippen molar-refractivity contribution >= 4 is 22.9 Å². The maximum atomic E-state index is 5.33. The van der Waals surface area contributed by atoms with E-state index in [1.807, 2.05) is 32.3 Å². The number of aryl methyl sites for hydroxylation is 1. The Hall–Kier alpha value is -2.34. The number of nitrogens with zero attached hydrogens (tertiary/aromatic N) is 3.